The minimum atomic E-state index is -0.0470. The summed E-state index contributed by atoms with van der Waals surface area (Å²) in [7, 11) is 1.70. The van der Waals surface area contributed by atoms with Crippen LogP contribution in [-0.4, -0.2) is 12.9 Å². The minimum absolute atomic E-state index is 0.0470. The Kier molecular flexibility index (Phi) is 5.73. The fraction of sp³-hybridized carbons (Fsp3) is 0.294. The fourth-order valence-electron chi connectivity index (χ4n) is 2.38. The molecule has 2 N–H and O–H groups in total. The van der Waals surface area contributed by atoms with Gasteiger partial charge in [-0.25, -0.2) is 0 Å². The van der Waals surface area contributed by atoms with E-state index in [1.807, 2.05) is 18.2 Å². The summed E-state index contributed by atoms with van der Waals surface area (Å²) in [6, 6.07) is 12.4. The van der Waals surface area contributed by atoms with Crippen molar-refractivity contribution in [1.82, 2.24) is 0 Å². The topological polar surface area (TPSA) is 35.2 Å². The minimum Gasteiger partial charge on any atom is -0.496 e. The molecule has 0 heterocycles. The molecule has 2 aromatic carbocycles. The van der Waals surface area contributed by atoms with E-state index in [0.29, 0.717) is 0 Å². The molecule has 2 aromatic rings. The standard InChI is InChI=1S/C17H20BrNOS/c1-11-8-12(2)17(16(9-11)20-3)15(19)10-21-14-6-4-13(18)5-7-14/h4-9,15H,10,19H2,1-3H3. The van der Waals surface area contributed by atoms with Gasteiger partial charge in [0.25, 0.3) is 0 Å². The van der Waals surface area contributed by atoms with Crippen molar-refractivity contribution in [3.05, 3.63) is 57.6 Å². The third kappa shape index (κ3) is 4.25. The van der Waals surface area contributed by atoms with Gasteiger partial charge in [-0.05, 0) is 55.3 Å². The largest absolute Gasteiger partial charge is 0.496 e. The Hall–Kier alpha value is -0.970. The average molecular weight is 366 g/mol. The van der Waals surface area contributed by atoms with Gasteiger partial charge in [-0.3, -0.25) is 0 Å². The summed E-state index contributed by atoms with van der Waals surface area (Å²) in [5.74, 6) is 1.71. The number of thioether (sulfide) groups is 1. The van der Waals surface area contributed by atoms with Crippen LogP contribution in [0.25, 0.3) is 0 Å². The van der Waals surface area contributed by atoms with Gasteiger partial charge in [0, 0.05) is 26.7 Å². The van der Waals surface area contributed by atoms with Crippen LogP contribution in [-0.2, 0) is 0 Å². The molecule has 112 valence electrons. The summed E-state index contributed by atoms with van der Waals surface area (Å²) in [6.07, 6.45) is 0. The van der Waals surface area contributed by atoms with Crippen LogP contribution in [0.5, 0.6) is 5.75 Å². The maximum Gasteiger partial charge on any atom is 0.124 e. The molecule has 0 saturated heterocycles. The highest BCUT2D eigenvalue weighted by atomic mass is 79.9. The first-order chi connectivity index (χ1) is 10.0. The van der Waals surface area contributed by atoms with Crippen LogP contribution in [0.3, 0.4) is 0 Å². The van der Waals surface area contributed by atoms with Gasteiger partial charge in [-0.15, -0.1) is 11.8 Å². The van der Waals surface area contributed by atoms with Gasteiger partial charge in [-0.2, -0.15) is 0 Å². The van der Waals surface area contributed by atoms with Crippen LogP contribution in [0.4, 0.5) is 0 Å². The summed E-state index contributed by atoms with van der Waals surface area (Å²) >= 11 is 5.21. The van der Waals surface area contributed by atoms with Gasteiger partial charge < -0.3 is 10.5 Å². The molecule has 2 nitrogen and oxygen atoms in total. The smallest absolute Gasteiger partial charge is 0.124 e. The van der Waals surface area contributed by atoms with Crippen LogP contribution in [0.15, 0.2) is 45.8 Å². The van der Waals surface area contributed by atoms with Crippen molar-refractivity contribution >= 4 is 27.7 Å². The predicted molar refractivity (Wildman–Crippen MR) is 94.3 cm³/mol. The highest BCUT2D eigenvalue weighted by molar-refractivity contribution is 9.10. The molecule has 0 bridgehead atoms. The fourth-order valence-corrected chi connectivity index (χ4v) is 3.52. The Morgan fingerprint density at radius 2 is 1.86 bits per heavy atom. The van der Waals surface area contributed by atoms with Crippen molar-refractivity contribution in [2.45, 2.75) is 24.8 Å². The number of hydrogen-bond donors (Lipinski definition) is 1. The summed E-state index contributed by atoms with van der Waals surface area (Å²) < 4.78 is 6.59. The lowest BCUT2D eigenvalue weighted by molar-refractivity contribution is 0.406. The summed E-state index contributed by atoms with van der Waals surface area (Å²) in [5.41, 5.74) is 9.88. The van der Waals surface area contributed by atoms with Gasteiger partial charge in [0.2, 0.25) is 0 Å². The van der Waals surface area contributed by atoms with Crippen molar-refractivity contribution in [2.24, 2.45) is 5.73 Å². The molecule has 1 atom stereocenters. The molecule has 0 aliphatic rings. The monoisotopic (exact) mass is 365 g/mol. The number of ether oxygens (including phenoxy) is 1. The predicted octanol–water partition coefficient (Wildman–Crippen LogP) is 4.87. The molecule has 0 aliphatic carbocycles. The molecular formula is C17H20BrNOS. The molecule has 0 fully saturated rings. The van der Waals surface area contributed by atoms with Gasteiger partial charge >= 0.3 is 0 Å². The Balaban J connectivity index is 2.13. The van der Waals surface area contributed by atoms with Gasteiger partial charge in [0.05, 0.1) is 7.11 Å². The van der Waals surface area contributed by atoms with E-state index in [1.54, 1.807) is 18.9 Å². The molecule has 0 spiro atoms. The number of hydrogen-bond acceptors (Lipinski definition) is 3. The highest BCUT2D eigenvalue weighted by Crippen LogP contribution is 2.32. The maximum absolute atomic E-state index is 6.39. The number of benzene rings is 2. The molecule has 4 heteroatoms. The zero-order valence-electron chi connectivity index (χ0n) is 12.5. The Bertz CT molecular complexity index is 613. The Morgan fingerprint density at radius 1 is 1.19 bits per heavy atom. The third-order valence-electron chi connectivity index (χ3n) is 3.33. The number of nitrogens with two attached hydrogens (primary N) is 1. The van der Waals surface area contributed by atoms with E-state index in [9.17, 15) is 0 Å². The molecular weight excluding hydrogens is 346 g/mol. The lowest BCUT2D eigenvalue weighted by Crippen LogP contribution is -2.16. The molecule has 0 aliphatic heterocycles. The molecule has 0 radical (unpaired) electrons. The molecule has 0 aromatic heterocycles. The first-order valence-corrected chi connectivity index (χ1v) is 8.58. The molecule has 2 rings (SSSR count). The first-order valence-electron chi connectivity index (χ1n) is 6.80. The van der Waals surface area contributed by atoms with Crippen molar-refractivity contribution < 1.29 is 4.74 Å². The van der Waals surface area contributed by atoms with Crippen LogP contribution in [0.1, 0.15) is 22.7 Å². The SMILES string of the molecule is COc1cc(C)cc(C)c1C(N)CSc1ccc(Br)cc1. The quantitative estimate of drug-likeness (QED) is 0.767. The summed E-state index contributed by atoms with van der Waals surface area (Å²) in [5, 5.41) is 0. The van der Waals surface area contributed by atoms with E-state index in [0.717, 1.165) is 21.5 Å². The molecule has 0 saturated carbocycles. The zero-order valence-corrected chi connectivity index (χ0v) is 14.9. The van der Waals surface area contributed by atoms with Crippen molar-refractivity contribution in [1.29, 1.82) is 0 Å². The van der Waals surface area contributed by atoms with Gasteiger partial charge in [-0.1, -0.05) is 22.0 Å². The number of rotatable bonds is 5. The van der Waals surface area contributed by atoms with E-state index >= 15 is 0 Å². The second kappa shape index (κ2) is 7.34. The second-order valence-electron chi connectivity index (χ2n) is 5.07. The molecule has 1 unspecified atom stereocenters. The number of halogens is 1. The normalized spacial score (nSPS) is 12.2. The van der Waals surface area contributed by atoms with Crippen LogP contribution in [0, 0.1) is 13.8 Å². The highest BCUT2D eigenvalue weighted by Gasteiger charge is 2.15. The van der Waals surface area contributed by atoms with Crippen molar-refractivity contribution in [3.63, 3.8) is 0 Å². The summed E-state index contributed by atoms with van der Waals surface area (Å²) in [4.78, 5) is 1.22. The molecule has 21 heavy (non-hydrogen) atoms. The Labute approximate surface area is 139 Å². The van der Waals surface area contributed by atoms with Crippen molar-refractivity contribution in [2.75, 3.05) is 12.9 Å². The Morgan fingerprint density at radius 3 is 2.48 bits per heavy atom. The van der Waals surface area contributed by atoms with E-state index in [2.05, 4.69) is 48.0 Å². The third-order valence-corrected chi connectivity index (χ3v) is 4.99. The van der Waals surface area contributed by atoms with Crippen LogP contribution >= 0.6 is 27.7 Å². The van der Waals surface area contributed by atoms with Gasteiger partial charge in [0.1, 0.15) is 5.75 Å². The van der Waals surface area contributed by atoms with Crippen LogP contribution < -0.4 is 10.5 Å². The van der Waals surface area contributed by atoms with Gasteiger partial charge in [0.15, 0.2) is 0 Å². The first kappa shape index (κ1) is 16.4. The van der Waals surface area contributed by atoms with E-state index in [-0.39, 0.29) is 6.04 Å². The number of methoxy groups -OCH3 is 1. The average Bonchev–Trinajstić information content (AvgIpc) is 2.45. The van der Waals surface area contributed by atoms with E-state index in [4.69, 9.17) is 10.5 Å². The summed E-state index contributed by atoms with van der Waals surface area (Å²) in [6.45, 7) is 4.16. The lowest BCUT2D eigenvalue weighted by Gasteiger charge is -2.19. The maximum atomic E-state index is 6.39. The van der Waals surface area contributed by atoms with Crippen LogP contribution in [0.2, 0.25) is 0 Å². The van der Waals surface area contributed by atoms with E-state index in [1.165, 1.54) is 16.0 Å². The van der Waals surface area contributed by atoms with Crippen molar-refractivity contribution in [3.8, 4) is 5.75 Å². The number of aryl methyl sites for hydroxylation is 2. The van der Waals surface area contributed by atoms with E-state index < -0.39 is 0 Å². The molecule has 0 amide bonds. The second-order valence-corrected chi connectivity index (χ2v) is 7.08. The zero-order chi connectivity index (χ0) is 15.4. The lowest BCUT2D eigenvalue weighted by atomic mass is 9.99.